The molecule has 1 saturated carbocycles. The zero-order valence-electron chi connectivity index (χ0n) is 11.7. The van der Waals surface area contributed by atoms with Crippen molar-refractivity contribution in [1.29, 1.82) is 0 Å². The molecule has 1 aromatic rings. The molecule has 0 heterocycles. The van der Waals surface area contributed by atoms with Crippen LogP contribution in [0.2, 0.25) is 0 Å². The fourth-order valence-corrected chi connectivity index (χ4v) is 2.82. The van der Waals surface area contributed by atoms with Crippen molar-refractivity contribution in [2.75, 3.05) is 14.2 Å². The highest BCUT2D eigenvalue weighted by molar-refractivity contribution is 5.56. The van der Waals surface area contributed by atoms with Gasteiger partial charge in [0.2, 0.25) is 0 Å². The maximum atomic E-state index is 5.59. The Morgan fingerprint density at radius 3 is 2.06 bits per heavy atom. The maximum Gasteiger partial charge on any atom is 0.128 e. The number of ether oxygens (including phenoxy) is 2. The van der Waals surface area contributed by atoms with Gasteiger partial charge in [-0.1, -0.05) is 13.8 Å². The van der Waals surface area contributed by atoms with E-state index in [0.717, 1.165) is 17.1 Å². The molecule has 0 saturated heterocycles. The predicted octanol–water partition coefficient (Wildman–Crippen LogP) is 3.83. The van der Waals surface area contributed by atoms with Crippen LogP contribution < -0.4 is 9.47 Å². The predicted molar refractivity (Wildman–Crippen MR) is 70.2 cm³/mol. The van der Waals surface area contributed by atoms with Crippen molar-refractivity contribution in [2.24, 2.45) is 5.41 Å². The normalized spacial score (nSPS) is 21.2. The summed E-state index contributed by atoms with van der Waals surface area (Å²) in [6.45, 7) is 8.80. The average molecular weight is 234 g/mol. The zero-order chi connectivity index (χ0) is 12.8. The van der Waals surface area contributed by atoms with Gasteiger partial charge in [0.05, 0.1) is 14.2 Å². The third kappa shape index (κ3) is 1.90. The number of benzene rings is 1. The van der Waals surface area contributed by atoms with E-state index in [4.69, 9.17) is 9.47 Å². The van der Waals surface area contributed by atoms with Gasteiger partial charge in [-0.15, -0.1) is 0 Å². The topological polar surface area (TPSA) is 18.5 Å². The summed E-state index contributed by atoms with van der Waals surface area (Å²) >= 11 is 0. The second-order valence-electron chi connectivity index (χ2n) is 5.72. The Morgan fingerprint density at radius 2 is 1.65 bits per heavy atom. The van der Waals surface area contributed by atoms with Crippen molar-refractivity contribution in [3.05, 3.63) is 22.8 Å². The van der Waals surface area contributed by atoms with Gasteiger partial charge in [-0.3, -0.25) is 0 Å². The molecule has 1 aliphatic rings. The first-order chi connectivity index (χ1) is 7.92. The molecule has 0 spiro atoms. The van der Waals surface area contributed by atoms with E-state index in [1.807, 2.05) is 0 Å². The molecule has 0 aromatic heterocycles. The van der Waals surface area contributed by atoms with Crippen molar-refractivity contribution in [2.45, 2.75) is 40.0 Å². The van der Waals surface area contributed by atoms with Gasteiger partial charge in [0.15, 0.2) is 0 Å². The molecule has 1 aromatic carbocycles. The van der Waals surface area contributed by atoms with E-state index in [-0.39, 0.29) is 0 Å². The summed E-state index contributed by atoms with van der Waals surface area (Å²) < 4.78 is 11.0. The van der Waals surface area contributed by atoms with E-state index in [1.165, 1.54) is 17.5 Å². The summed E-state index contributed by atoms with van der Waals surface area (Å²) in [6.07, 6.45) is 1.24. The SMILES string of the molecule is COc1c(C)cc(C2CC2(C)C)c(OC)c1C. The lowest BCUT2D eigenvalue weighted by molar-refractivity contribution is 0.382. The standard InChI is InChI=1S/C15H22O2/c1-9-7-11(12-8-15(12,3)4)14(17-6)10(2)13(9)16-5/h7,12H,8H2,1-6H3. The number of rotatable bonds is 3. The largest absolute Gasteiger partial charge is 0.496 e. The number of aryl methyl sites for hydroxylation is 1. The van der Waals surface area contributed by atoms with E-state index >= 15 is 0 Å². The van der Waals surface area contributed by atoms with Crippen LogP contribution in [0.5, 0.6) is 11.5 Å². The summed E-state index contributed by atoms with van der Waals surface area (Å²) in [5.41, 5.74) is 4.07. The van der Waals surface area contributed by atoms with Gasteiger partial charge in [0.1, 0.15) is 11.5 Å². The van der Waals surface area contributed by atoms with Gasteiger partial charge >= 0.3 is 0 Å². The van der Waals surface area contributed by atoms with E-state index in [2.05, 4.69) is 33.8 Å². The molecule has 1 atom stereocenters. The molecule has 0 bridgehead atoms. The highest BCUT2D eigenvalue weighted by Gasteiger charge is 2.48. The third-order valence-corrected chi connectivity index (χ3v) is 3.97. The lowest BCUT2D eigenvalue weighted by atomic mass is 9.96. The molecule has 0 aliphatic heterocycles. The minimum absolute atomic E-state index is 0.417. The van der Waals surface area contributed by atoms with Crippen molar-refractivity contribution >= 4 is 0 Å². The fraction of sp³-hybridized carbons (Fsp3) is 0.600. The van der Waals surface area contributed by atoms with Crippen LogP contribution in [0.3, 0.4) is 0 Å². The molecule has 1 aliphatic carbocycles. The molecule has 2 nitrogen and oxygen atoms in total. The Labute approximate surface area is 104 Å². The maximum absolute atomic E-state index is 5.59. The zero-order valence-corrected chi connectivity index (χ0v) is 11.7. The summed E-state index contributed by atoms with van der Waals surface area (Å²) in [6, 6.07) is 2.23. The molecule has 2 heteroatoms. The van der Waals surface area contributed by atoms with Crippen molar-refractivity contribution in [3.8, 4) is 11.5 Å². The third-order valence-electron chi connectivity index (χ3n) is 3.97. The Kier molecular flexibility index (Phi) is 2.84. The Balaban J connectivity index is 2.53. The van der Waals surface area contributed by atoms with E-state index < -0.39 is 0 Å². The van der Waals surface area contributed by atoms with Gasteiger partial charge in [0.25, 0.3) is 0 Å². The average Bonchev–Trinajstić information content (AvgIpc) is 2.87. The molecule has 0 amide bonds. The highest BCUT2D eigenvalue weighted by Crippen LogP contribution is 2.61. The number of hydrogen-bond acceptors (Lipinski definition) is 2. The first kappa shape index (κ1) is 12.3. The van der Waals surface area contributed by atoms with Crippen LogP contribution in [0.1, 0.15) is 42.9 Å². The van der Waals surface area contributed by atoms with Crippen molar-refractivity contribution < 1.29 is 9.47 Å². The minimum atomic E-state index is 0.417. The Morgan fingerprint density at radius 1 is 1.12 bits per heavy atom. The van der Waals surface area contributed by atoms with Crippen molar-refractivity contribution in [3.63, 3.8) is 0 Å². The highest BCUT2D eigenvalue weighted by atomic mass is 16.5. The second kappa shape index (κ2) is 3.94. The van der Waals surface area contributed by atoms with Gasteiger partial charge in [-0.05, 0) is 48.8 Å². The van der Waals surface area contributed by atoms with Crippen LogP contribution >= 0.6 is 0 Å². The molecule has 0 radical (unpaired) electrons. The fourth-order valence-electron chi connectivity index (χ4n) is 2.82. The number of hydrogen-bond donors (Lipinski definition) is 0. The minimum Gasteiger partial charge on any atom is -0.496 e. The van der Waals surface area contributed by atoms with E-state index in [9.17, 15) is 0 Å². The lowest BCUT2D eigenvalue weighted by Crippen LogP contribution is -2.01. The number of methoxy groups -OCH3 is 2. The van der Waals surface area contributed by atoms with Gasteiger partial charge in [-0.2, -0.15) is 0 Å². The van der Waals surface area contributed by atoms with Crippen LogP contribution in [-0.2, 0) is 0 Å². The quantitative estimate of drug-likeness (QED) is 0.791. The van der Waals surface area contributed by atoms with Crippen LogP contribution in [0.4, 0.5) is 0 Å². The van der Waals surface area contributed by atoms with Gasteiger partial charge < -0.3 is 9.47 Å². The van der Waals surface area contributed by atoms with Crippen LogP contribution in [0.25, 0.3) is 0 Å². The summed E-state index contributed by atoms with van der Waals surface area (Å²) in [5.74, 6) is 2.58. The molecule has 0 N–H and O–H groups in total. The molecule has 94 valence electrons. The second-order valence-corrected chi connectivity index (χ2v) is 5.72. The molecule has 1 fully saturated rings. The molecular formula is C15H22O2. The smallest absolute Gasteiger partial charge is 0.128 e. The Bertz CT molecular complexity index is 447. The first-order valence-corrected chi connectivity index (χ1v) is 6.14. The molecule has 2 rings (SSSR count). The molecule has 1 unspecified atom stereocenters. The summed E-state index contributed by atoms with van der Waals surface area (Å²) in [7, 11) is 3.46. The van der Waals surface area contributed by atoms with Crippen LogP contribution in [0, 0.1) is 19.3 Å². The monoisotopic (exact) mass is 234 g/mol. The van der Waals surface area contributed by atoms with E-state index in [1.54, 1.807) is 14.2 Å². The van der Waals surface area contributed by atoms with Crippen molar-refractivity contribution in [1.82, 2.24) is 0 Å². The van der Waals surface area contributed by atoms with Gasteiger partial charge in [-0.25, -0.2) is 0 Å². The van der Waals surface area contributed by atoms with Crippen LogP contribution in [0.15, 0.2) is 6.07 Å². The molecule has 17 heavy (non-hydrogen) atoms. The molecular weight excluding hydrogens is 212 g/mol. The lowest BCUT2D eigenvalue weighted by Gasteiger charge is -2.17. The first-order valence-electron chi connectivity index (χ1n) is 6.14. The van der Waals surface area contributed by atoms with Crippen LogP contribution in [-0.4, -0.2) is 14.2 Å². The summed E-state index contributed by atoms with van der Waals surface area (Å²) in [4.78, 5) is 0. The van der Waals surface area contributed by atoms with Gasteiger partial charge in [0, 0.05) is 5.56 Å². The Hall–Kier alpha value is -1.18. The summed E-state index contributed by atoms with van der Waals surface area (Å²) in [5, 5.41) is 0. The van der Waals surface area contributed by atoms with E-state index in [0.29, 0.717) is 11.3 Å².